The number of nitrogens with zero attached hydrogens (tertiary/aromatic N) is 3. The second-order valence-electron chi connectivity index (χ2n) is 7.58. The molecule has 2 aromatic carbocycles. The highest BCUT2D eigenvalue weighted by Gasteiger charge is 2.24. The van der Waals surface area contributed by atoms with Crippen LogP contribution < -0.4 is 10.2 Å². The van der Waals surface area contributed by atoms with Crippen molar-refractivity contribution in [3.63, 3.8) is 0 Å². The van der Waals surface area contributed by atoms with Gasteiger partial charge < -0.3 is 19.9 Å². The van der Waals surface area contributed by atoms with Gasteiger partial charge in [0.25, 0.3) is 0 Å². The van der Waals surface area contributed by atoms with E-state index in [4.69, 9.17) is 27.9 Å². The number of anilines is 3. The number of hydrogen-bond donors (Lipinski definition) is 1. The van der Waals surface area contributed by atoms with E-state index < -0.39 is 11.8 Å². The van der Waals surface area contributed by atoms with Crippen molar-refractivity contribution in [2.75, 3.05) is 50.1 Å². The van der Waals surface area contributed by atoms with E-state index in [0.717, 1.165) is 13.1 Å². The Kier molecular flexibility index (Phi) is 6.69. The maximum Gasteiger partial charge on any atom is 0.341 e. The molecule has 1 aliphatic rings. The summed E-state index contributed by atoms with van der Waals surface area (Å²) >= 11 is 12.5. The predicted molar refractivity (Wildman–Crippen MR) is 127 cm³/mol. The molecule has 0 saturated carbocycles. The lowest BCUT2D eigenvalue weighted by Gasteiger charge is -2.34. The summed E-state index contributed by atoms with van der Waals surface area (Å²) in [6.07, 6.45) is 1.38. The molecule has 1 saturated heterocycles. The van der Waals surface area contributed by atoms with Gasteiger partial charge in [0.15, 0.2) is 5.82 Å². The second-order valence-corrected chi connectivity index (χ2v) is 8.36. The molecule has 1 aliphatic heterocycles. The minimum Gasteiger partial charge on any atom is -0.462 e. The lowest BCUT2D eigenvalue weighted by Crippen LogP contribution is -2.44. The first-order chi connectivity index (χ1) is 15.4. The normalized spacial score (nSPS) is 14.6. The van der Waals surface area contributed by atoms with Crippen molar-refractivity contribution in [3.05, 3.63) is 58.0 Å². The SMILES string of the molecule is CCOC(=O)c1cnc2ccc(N3CCN(C)CC3)c(F)c2c1Nc1cccc(Cl)c1Cl. The Morgan fingerprint density at radius 1 is 1.19 bits per heavy atom. The Morgan fingerprint density at radius 2 is 1.94 bits per heavy atom. The molecule has 32 heavy (non-hydrogen) atoms. The van der Waals surface area contributed by atoms with Gasteiger partial charge in [-0.2, -0.15) is 0 Å². The quantitative estimate of drug-likeness (QED) is 0.500. The van der Waals surface area contributed by atoms with Crippen molar-refractivity contribution in [2.24, 2.45) is 0 Å². The van der Waals surface area contributed by atoms with Gasteiger partial charge in [0.05, 0.1) is 44.6 Å². The maximum atomic E-state index is 16.0. The molecule has 0 bridgehead atoms. The topological polar surface area (TPSA) is 57.7 Å². The van der Waals surface area contributed by atoms with Gasteiger partial charge in [-0.25, -0.2) is 9.18 Å². The predicted octanol–water partition coefficient (Wildman–Crippen LogP) is 5.35. The van der Waals surface area contributed by atoms with Gasteiger partial charge in [-0.15, -0.1) is 0 Å². The smallest absolute Gasteiger partial charge is 0.341 e. The van der Waals surface area contributed by atoms with Crippen LogP contribution in [0.4, 0.5) is 21.5 Å². The molecule has 3 aromatic rings. The molecule has 1 N–H and O–H groups in total. The molecule has 1 aromatic heterocycles. The summed E-state index contributed by atoms with van der Waals surface area (Å²) < 4.78 is 21.2. The average Bonchev–Trinajstić information content (AvgIpc) is 2.78. The van der Waals surface area contributed by atoms with E-state index in [1.165, 1.54) is 6.20 Å². The fraction of sp³-hybridized carbons (Fsp3) is 0.304. The Labute approximate surface area is 195 Å². The van der Waals surface area contributed by atoms with Gasteiger partial charge in [0.1, 0.15) is 5.56 Å². The number of benzene rings is 2. The van der Waals surface area contributed by atoms with Crippen molar-refractivity contribution < 1.29 is 13.9 Å². The highest BCUT2D eigenvalue weighted by molar-refractivity contribution is 6.43. The third-order valence-corrected chi connectivity index (χ3v) is 6.32. The third-order valence-electron chi connectivity index (χ3n) is 5.50. The Morgan fingerprint density at radius 3 is 2.66 bits per heavy atom. The number of likely N-dealkylation sites (N-methyl/N-ethyl adjacent to an activating group) is 1. The van der Waals surface area contributed by atoms with E-state index in [1.54, 1.807) is 37.3 Å². The summed E-state index contributed by atoms with van der Waals surface area (Å²) in [4.78, 5) is 21.2. The number of nitrogens with one attached hydrogen (secondary N) is 1. The number of esters is 1. The lowest BCUT2D eigenvalue weighted by atomic mass is 10.1. The molecule has 0 atom stereocenters. The zero-order valence-electron chi connectivity index (χ0n) is 17.8. The number of ether oxygens (including phenoxy) is 1. The standard InChI is InChI=1S/C23H23Cl2FN4O2/c1-3-32-23(31)14-13-27-16-7-8-18(30-11-9-29(2)10-12-30)21(26)19(16)22(14)28-17-6-4-5-15(24)20(17)25/h4-8,13H,3,9-12H2,1-2H3,(H,27,28). The van der Waals surface area contributed by atoms with Crippen LogP contribution in [0.1, 0.15) is 17.3 Å². The first kappa shape index (κ1) is 22.6. The summed E-state index contributed by atoms with van der Waals surface area (Å²) in [6, 6.07) is 8.56. The fourth-order valence-corrected chi connectivity index (χ4v) is 4.10. The average molecular weight is 477 g/mol. The van der Waals surface area contributed by atoms with Gasteiger partial charge in [0.2, 0.25) is 0 Å². The number of pyridine rings is 1. The van der Waals surface area contributed by atoms with Crippen molar-refractivity contribution in [1.82, 2.24) is 9.88 Å². The van der Waals surface area contributed by atoms with E-state index in [0.29, 0.717) is 35.0 Å². The number of hydrogen-bond acceptors (Lipinski definition) is 6. The Hall–Kier alpha value is -2.61. The molecule has 1 fully saturated rings. The molecule has 0 spiro atoms. The van der Waals surface area contributed by atoms with Crippen LogP contribution in [-0.4, -0.2) is 55.7 Å². The molecule has 0 radical (unpaired) electrons. The van der Waals surface area contributed by atoms with Gasteiger partial charge >= 0.3 is 5.97 Å². The molecule has 168 valence electrons. The van der Waals surface area contributed by atoms with E-state index in [-0.39, 0.29) is 28.3 Å². The van der Waals surface area contributed by atoms with E-state index in [1.807, 2.05) is 11.9 Å². The highest BCUT2D eigenvalue weighted by Crippen LogP contribution is 2.38. The largest absolute Gasteiger partial charge is 0.462 e. The van der Waals surface area contributed by atoms with Crippen LogP contribution in [0.15, 0.2) is 36.5 Å². The lowest BCUT2D eigenvalue weighted by molar-refractivity contribution is 0.0527. The minimum absolute atomic E-state index is 0.116. The molecule has 2 heterocycles. The van der Waals surface area contributed by atoms with Gasteiger partial charge in [-0.3, -0.25) is 4.98 Å². The zero-order valence-corrected chi connectivity index (χ0v) is 19.3. The first-order valence-corrected chi connectivity index (χ1v) is 11.1. The third kappa shape index (κ3) is 4.33. The molecule has 4 rings (SSSR count). The molecule has 0 aliphatic carbocycles. The minimum atomic E-state index is -0.605. The summed E-state index contributed by atoms with van der Waals surface area (Å²) in [5, 5.41) is 3.92. The monoisotopic (exact) mass is 476 g/mol. The fourth-order valence-electron chi connectivity index (χ4n) is 3.75. The van der Waals surface area contributed by atoms with Crippen LogP contribution in [0.25, 0.3) is 10.9 Å². The van der Waals surface area contributed by atoms with Crippen LogP contribution in [0.5, 0.6) is 0 Å². The van der Waals surface area contributed by atoms with Crippen molar-refractivity contribution in [1.29, 1.82) is 0 Å². The summed E-state index contributed by atoms with van der Waals surface area (Å²) in [5.74, 6) is -1.06. The molecule has 9 heteroatoms. The number of fused-ring (bicyclic) bond motifs is 1. The van der Waals surface area contributed by atoms with Gasteiger partial charge in [-0.05, 0) is 38.2 Å². The molecule has 6 nitrogen and oxygen atoms in total. The van der Waals surface area contributed by atoms with E-state index >= 15 is 4.39 Å². The van der Waals surface area contributed by atoms with Gasteiger partial charge in [0, 0.05) is 32.4 Å². The maximum absolute atomic E-state index is 16.0. The molecular weight excluding hydrogens is 454 g/mol. The highest BCUT2D eigenvalue weighted by atomic mass is 35.5. The number of carbonyl (C=O) groups is 1. The van der Waals surface area contributed by atoms with Crippen molar-refractivity contribution >= 4 is 57.1 Å². The zero-order chi connectivity index (χ0) is 22.8. The molecular formula is C23H23Cl2FN4O2. The summed E-state index contributed by atoms with van der Waals surface area (Å²) in [6.45, 7) is 4.96. The van der Waals surface area contributed by atoms with Gasteiger partial charge in [-0.1, -0.05) is 29.3 Å². The number of aromatic nitrogens is 1. The van der Waals surface area contributed by atoms with Crippen LogP contribution in [0, 0.1) is 5.82 Å². The van der Waals surface area contributed by atoms with Crippen LogP contribution in [0.2, 0.25) is 10.0 Å². The molecule has 0 unspecified atom stereocenters. The number of piperazine rings is 1. The van der Waals surface area contributed by atoms with Crippen molar-refractivity contribution in [2.45, 2.75) is 6.92 Å². The van der Waals surface area contributed by atoms with Crippen LogP contribution in [0.3, 0.4) is 0 Å². The number of carbonyl (C=O) groups excluding carboxylic acids is 1. The first-order valence-electron chi connectivity index (χ1n) is 10.3. The van der Waals surface area contributed by atoms with Crippen molar-refractivity contribution in [3.8, 4) is 0 Å². The van der Waals surface area contributed by atoms with E-state index in [2.05, 4.69) is 15.2 Å². The number of rotatable bonds is 5. The number of halogens is 3. The summed E-state index contributed by atoms with van der Waals surface area (Å²) in [7, 11) is 2.04. The summed E-state index contributed by atoms with van der Waals surface area (Å²) in [5.41, 5.74) is 1.68. The molecule has 0 amide bonds. The Balaban J connectivity index is 1.90. The van der Waals surface area contributed by atoms with Crippen LogP contribution >= 0.6 is 23.2 Å². The van der Waals surface area contributed by atoms with Crippen LogP contribution in [-0.2, 0) is 4.74 Å². The Bertz CT molecular complexity index is 1170. The second kappa shape index (κ2) is 9.48. The van der Waals surface area contributed by atoms with E-state index in [9.17, 15) is 4.79 Å².